The van der Waals surface area contributed by atoms with Gasteiger partial charge < -0.3 is 10.6 Å². The summed E-state index contributed by atoms with van der Waals surface area (Å²) in [5, 5.41) is 8.11. The number of nitrogens with zero attached hydrogens (tertiary/aromatic N) is 1. The van der Waals surface area contributed by atoms with Crippen LogP contribution in [0.1, 0.15) is 28.6 Å². The summed E-state index contributed by atoms with van der Waals surface area (Å²) in [6, 6.07) is 4.07. The second kappa shape index (κ2) is 5.84. The maximum absolute atomic E-state index is 13.3. The monoisotopic (exact) mass is 319 g/mol. The molecule has 0 unspecified atom stereocenters. The van der Waals surface area contributed by atoms with Gasteiger partial charge in [0.1, 0.15) is 10.8 Å². The Bertz CT molecular complexity index is 744. The van der Waals surface area contributed by atoms with Gasteiger partial charge in [-0.05, 0) is 24.6 Å². The molecule has 0 spiro atoms. The number of benzene rings is 1. The highest BCUT2D eigenvalue weighted by Crippen LogP contribution is 2.32. The van der Waals surface area contributed by atoms with Gasteiger partial charge in [0.15, 0.2) is 0 Å². The van der Waals surface area contributed by atoms with Crippen LogP contribution in [0.25, 0.3) is 0 Å². The molecule has 0 bridgehead atoms. The number of fused-ring (bicyclic) bond motifs is 1. The first-order chi connectivity index (χ1) is 10.5. The zero-order valence-electron chi connectivity index (χ0n) is 11.9. The summed E-state index contributed by atoms with van der Waals surface area (Å²) in [6.07, 6.45) is 0.0569. The van der Waals surface area contributed by atoms with Crippen molar-refractivity contribution in [3.05, 3.63) is 45.7 Å². The summed E-state index contributed by atoms with van der Waals surface area (Å²) < 4.78 is 13.3. The highest BCUT2D eigenvalue weighted by Gasteiger charge is 2.30. The van der Waals surface area contributed by atoms with Crippen molar-refractivity contribution in [2.24, 2.45) is 0 Å². The summed E-state index contributed by atoms with van der Waals surface area (Å²) in [5.41, 5.74) is 1.91. The van der Waals surface area contributed by atoms with Crippen molar-refractivity contribution in [2.45, 2.75) is 25.8 Å². The van der Waals surface area contributed by atoms with E-state index in [1.165, 1.54) is 23.5 Å². The Morgan fingerprint density at radius 2 is 2.36 bits per heavy atom. The normalized spacial score (nSPS) is 16.8. The van der Waals surface area contributed by atoms with Crippen molar-refractivity contribution < 1.29 is 14.0 Å². The molecule has 0 radical (unpaired) electrons. The molecule has 1 aromatic heterocycles. The van der Waals surface area contributed by atoms with E-state index in [0.717, 1.165) is 10.7 Å². The number of carbonyl (C=O) groups is 2. The third kappa shape index (κ3) is 2.99. The molecule has 1 aromatic carbocycles. The van der Waals surface area contributed by atoms with Crippen molar-refractivity contribution in [2.75, 3.05) is 5.32 Å². The lowest BCUT2D eigenvalue weighted by Gasteiger charge is -2.24. The van der Waals surface area contributed by atoms with E-state index in [1.807, 2.05) is 12.3 Å². The molecule has 3 rings (SSSR count). The van der Waals surface area contributed by atoms with Crippen molar-refractivity contribution in [3.63, 3.8) is 0 Å². The molecule has 0 saturated heterocycles. The van der Waals surface area contributed by atoms with Crippen LogP contribution in [-0.4, -0.2) is 16.8 Å². The molecule has 2 N–H and O–H groups in total. The fourth-order valence-corrected chi connectivity index (χ4v) is 3.15. The number of rotatable bonds is 3. The summed E-state index contributed by atoms with van der Waals surface area (Å²) in [5.74, 6) is -1.59. The average molecular weight is 319 g/mol. The number of hydrogen-bond acceptors (Lipinski definition) is 4. The SMILES string of the molecule is Cc1csc(CNC(=O)[C@@H]2CC(=O)Nc3cc(F)ccc32)n1. The number of aryl methyl sites for hydroxylation is 1. The minimum Gasteiger partial charge on any atom is -0.349 e. The average Bonchev–Trinajstić information content (AvgIpc) is 2.89. The lowest BCUT2D eigenvalue weighted by Crippen LogP contribution is -2.34. The van der Waals surface area contributed by atoms with E-state index in [-0.39, 0.29) is 18.2 Å². The summed E-state index contributed by atoms with van der Waals surface area (Å²) in [4.78, 5) is 28.3. The van der Waals surface area contributed by atoms with E-state index < -0.39 is 11.7 Å². The summed E-state index contributed by atoms with van der Waals surface area (Å²) >= 11 is 1.47. The molecule has 114 valence electrons. The highest BCUT2D eigenvalue weighted by atomic mass is 32.1. The lowest BCUT2D eigenvalue weighted by atomic mass is 9.89. The van der Waals surface area contributed by atoms with Gasteiger partial charge >= 0.3 is 0 Å². The Kier molecular flexibility index (Phi) is 3.89. The first-order valence-electron chi connectivity index (χ1n) is 6.81. The molecule has 2 heterocycles. The largest absolute Gasteiger partial charge is 0.349 e. The van der Waals surface area contributed by atoms with E-state index in [2.05, 4.69) is 15.6 Å². The van der Waals surface area contributed by atoms with Crippen molar-refractivity contribution in [1.29, 1.82) is 0 Å². The third-order valence-electron chi connectivity index (χ3n) is 3.45. The van der Waals surface area contributed by atoms with Gasteiger partial charge in [0.25, 0.3) is 0 Å². The predicted octanol–water partition coefficient (Wildman–Crippen LogP) is 2.33. The number of aromatic nitrogens is 1. The predicted molar refractivity (Wildman–Crippen MR) is 81.1 cm³/mol. The van der Waals surface area contributed by atoms with Crippen LogP contribution in [0, 0.1) is 12.7 Å². The smallest absolute Gasteiger partial charge is 0.228 e. The maximum Gasteiger partial charge on any atom is 0.228 e. The Morgan fingerprint density at radius 3 is 3.09 bits per heavy atom. The number of thiazole rings is 1. The van der Waals surface area contributed by atoms with Crippen LogP contribution in [0.15, 0.2) is 23.6 Å². The molecule has 1 aliphatic rings. The molecular formula is C15H14FN3O2S. The number of nitrogens with one attached hydrogen (secondary N) is 2. The zero-order chi connectivity index (χ0) is 15.7. The van der Waals surface area contributed by atoms with Crippen LogP contribution in [0.4, 0.5) is 10.1 Å². The van der Waals surface area contributed by atoms with Crippen LogP contribution in [0.2, 0.25) is 0 Å². The first-order valence-corrected chi connectivity index (χ1v) is 7.69. The zero-order valence-corrected chi connectivity index (χ0v) is 12.7. The van der Waals surface area contributed by atoms with Gasteiger partial charge in [0.2, 0.25) is 11.8 Å². The molecule has 0 fully saturated rings. The quantitative estimate of drug-likeness (QED) is 0.912. The first kappa shape index (κ1) is 14.6. The number of halogens is 1. The van der Waals surface area contributed by atoms with Crippen LogP contribution < -0.4 is 10.6 Å². The molecule has 2 amide bonds. The van der Waals surface area contributed by atoms with E-state index in [9.17, 15) is 14.0 Å². The van der Waals surface area contributed by atoms with Gasteiger partial charge in [0, 0.05) is 23.2 Å². The van der Waals surface area contributed by atoms with Crippen molar-refractivity contribution in [3.8, 4) is 0 Å². The van der Waals surface area contributed by atoms with Crippen LogP contribution >= 0.6 is 11.3 Å². The minimum absolute atomic E-state index is 0.0569. The third-order valence-corrected chi connectivity index (χ3v) is 4.42. The topological polar surface area (TPSA) is 71.1 Å². The van der Waals surface area contributed by atoms with Crippen LogP contribution in [-0.2, 0) is 16.1 Å². The maximum atomic E-state index is 13.3. The summed E-state index contributed by atoms with van der Waals surface area (Å²) in [7, 11) is 0. The molecule has 5 nitrogen and oxygen atoms in total. The number of anilines is 1. The van der Waals surface area contributed by atoms with Crippen LogP contribution in [0.5, 0.6) is 0 Å². The Labute approximate surface area is 130 Å². The van der Waals surface area contributed by atoms with Gasteiger partial charge in [0.05, 0.1) is 12.5 Å². The van der Waals surface area contributed by atoms with Crippen molar-refractivity contribution in [1.82, 2.24) is 10.3 Å². The minimum atomic E-state index is -0.606. The molecule has 0 aliphatic carbocycles. The van der Waals surface area contributed by atoms with E-state index in [1.54, 1.807) is 6.07 Å². The van der Waals surface area contributed by atoms with Gasteiger partial charge in [-0.1, -0.05) is 6.07 Å². The van der Waals surface area contributed by atoms with Gasteiger partial charge in [-0.15, -0.1) is 11.3 Å². The van der Waals surface area contributed by atoms with Gasteiger partial charge in [-0.3, -0.25) is 9.59 Å². The summed E-state index contributed by atoms with van der Waals surface area (Å²) in [6.45, 7) is 2.21. The second-order valence-corrected chi connectivity index (χ2v) is 6.08. The standard InChI is InChI=1S/C15H14FN3O2S/c1-8-7-22-14(18-8)6-17-15(21)11-5-13(20)19-12-4-9(16)2-3-10(11)12/h2-4,7,11H,5-6H2,1H3,(H,17,21)(H,19,20)/t11-/m1/s1. The Hall–Kier alpha value is -2.28. The molecule has 1 atom stereocenters. The Morgan fingerprint density at radius 1 is 1.55 bits per heavy atom. The molecule has 0 saturated carbocycles. The Balaban J connectivity index is 1.76. The van der Waals surface area contributed by atoms with E-state index in [0.29, 0.717) is 17.8 Å². The number of amides is 2. The lowest BCUT2D eigenvalue weighted by molar-refractivity contribution is -0.126. The highest BCUT2D eigenvalue weighted by molar-refractivity contribution is 7.09. The van der Waals surface area contributed by atoms with Gasteiger partial charge in [-0.25, -0.2) is 9.37 Å². The molecule has 1 aliphatic heterocycles. The van der Waals surface area contributed by atoms with Crippen LogP contribution in [0.3, 0.4) is 0 Å². The number of carbonyl (C=O) groups excluding carboxylic acids is 2. The van der Waals surface area contributed by atoms with E-state index >= 15 is 0 Å². The number of hydrogen-bond donors (Lipinski definition) is 2. The van der Waals surface area contributed by atoms with Crippen molar-refractivity contribution >= 4 is 28.8 Å². The fraction of sp³-hybridized carbons (Fsp3) is 0.267. The molecule has 22 heavy (non-hydrogen) atoms. The fourth-order valence-electron chi connectivity index (χ4n) is 2.44. The van der Waals surface area contributed by atoms with E-state index in [4.69, 9.17) is 0 Å². The molecule has 2 aromatic rings. The molecular weight excluding hydrogens is 305 g/mol. The van der Waals surface area contributed by atoms with Gasteiger partial charge in [-0.2, -0.15) is 0 Å². The molecule has 7 heteroatoms. The second-order valence-electron chi connectivity index (χ2n) is 5.14.